The lowest BCUT2D eigenvalue weighted by Gasteiger charge is -2.13. The summed E-state index contributed by atoms with van der Waals surface area (Å²) in [5.74, 6) is -0.0531. The Morgan fingerprint density at radius 3 is 2.61 bits per heavy atom. The number of nitrogens with one attached hydrogen (secondary N) is 1. The molecular weight excluding hydrogens is 448 g/mol. The monoisotopic (exact) mass is 469 g/mol. The predicted octanol–water partition coefficient (Wildman–Crippen LogP) is 4.41. The van der Waals surface area contributed by atoms with E-state index in [2.05, 4.69) is 10.3 Å². The van der Waals surface area contributed by atoms with Crippen LogP contribution in [0.1, 0.15) is 23.1 Å². The summed E-state index contributed by atoms with van der Waals surface area (Å²) in [6.07, 6.45) is 6.33. The summed E-state index contributed by atoms with van der Waals surface area (Å²) >= 11 is 6.16. The maximum atomic E-state index is 12.0. The largest absolute Gasteiger partial charge is 0.506 e. The molecule has 0 aliphatic carbocycles. The lowest BCUT2D eigenvalue weighted by molar-refractivity contribution is 0.459. The number of aromatic nitrogens is 2. The predicted molar refractivity (Wildman–Crippen MR) is 119 cm³/mol. The van der Waals surface area contributed by atoms with Crippen molar-refractivity contribution >= 4 is 59.8 Å². The van der Waals surface area contributed by atoms with E-state index in [-0.39, 0.29) is 48.0 Å². The fraction of sp³-hybridized carbons (Fsp3) is 0.333. The summed E-state index contributed by atoms with van der Waals surface area (Å²) in [7, 11) is 0. The average molecular weight is 471 g/mol. The number of imidazole rings is 1. The lowest BCUT2D eigenvalue weighted by atomic mass is 10.0. The van der Waals surface area contributed by atoms with Crippen molar-refractivity contribution in [3.63, 3.8) is 0 Å². The summed E-state index contributed by atoms with van der Waals surface area (Å²) in [6.45, 7) is 5.52. The van der Waals surface area contributed by atoms with Crippen molar-refractivity contribution in [3.05, 3.63) is 56.9 Å². The molecule has 0 bridgehead atoms. The number of phenolic OH excluding ortho intramolecular Hbond substituents is 1. The summed E-state index contributed by atoms with van der Waals surface area (Å²) in [5.41, 5.74) is 1.86. The molecule has 2 N–H and O–H groups in total. The van der Waals surface area contributed by atoms with Crippen molar-refractivity contribution in [3.8, 4) is 5.75 Å². The van der Waals surface area contributed by atoms with Gasteiger partial charge in [-0.2, -0.15) is 0 Å². The molecule has 3 aromatic rings. The molecule has 0 spiro atoms. The molecule has 0 unspecified atom stereocenters. The Balaban J connectivity index is 0.00000243. The van der Waals surface area contributed by atoms with Gasteiger partial charge in [-0.25, -0.2) is 9.78 Å². The van der Waals surface area contributed by atoms with Crippen molar-refractivity contribution in [2.45, 2.75) is 33.4 Å². The van der Waals surface area contributed by atoms with Gasteiger partial charge in [-0.1, -0.05) is 11.6 Å². The van der Waals surface area contributed by atoms with Gasteiger partial charge in [0.15, 0.2) is 0 Å². The third kappa shape index (κ3) is 5.55. The minimum Gasteiger partial charge on any atom is -0.506 e. The van der Waals surface area contributed by atoms with Gasteiger partial charge in [0.1, 0.15) is 11.3 Å². The first-order valence-corrected chi connectivity index (χ1v) is 8.47. The highest BCUT2D eigenvalue weighted by molar-refractivity contribution is 6.33. The summed E-state index contributed by atoms with van der Waals surface area (Å²) < 4.78 is 7.43. The van der Waals surface area contributed by atoms with E-state index in [0.717, 1.165) is 30.5 Å². The molecule has 0 radical (unpaired) electrons. The first-order chi connectivity index (χ1) is 12.0. The smallest absolute Gasteiger partial charge is 0.339 e. The Hall–Kier alpha value is -1.44. The van der Waals surface area contributed by atoms with E-state index in [1.807, 2.05) is 17.7 Å². The van der Waals surface area contributed by atoms with E-state index >= 15 is 0 Å². The number of phenols is 1. The second-order valence-electron chi connectivity index (χ2n) is 6.03. The average Bonchev–Trinajstić information content (AvgIpc) is 3.10. The first kappa shape index (κ1) is 26.6. The van der Waals surface area contributed by atoms with Gasteiger partial charge in [-0.3, -0.25) is 0 Å². The van der Waals surface area contributed by atoms with Crippen LogP contribution >= 0.6 is 48.8 Å². The third-order valence-corrected chi connectivity index (χ3v) is 4.69. The van der Waals surface area contributed by atoms with Gasteiger partial charge in [0.25, 0.3) is 0 Å². The van der Waals surface area contributed by atoms with Gasteiger partial charge in [0, 0.05) is 36.4 Å². The van der Waals surface area contributed by atoms with Crippen LogP contribution in [0.2, 0.25) is 5.02 Å². The maximum absolute atomic E-state index is 12.0. The Bertz CT molecular complexity index is 959. The molecule has 28 heavy (non-hydrogen) atoms. The Labute approximate surface area is 186 Å². The molecule has 3 rings (SSSR count). The van der Waals surface area contributed by atoms with Crippen LogP contribution in [0.4, 0.5) is 0 Å². The second kappa shape index (κ2) is 11.5. The fourth-order valence-corrected chi connectivity index (χ4v) is 3.00. The number of halogens is 4. The van der Waals surface area contributed by atoms with Crippen molar-refractivity contribution in [1.82, 2.24) is 14.9 Å². The van der Waals surface area contributed by atoms with E-state index in [1.165, 1.54) is 0 Å². The van der Waals surface area contributed by atoms with Gasteiger partial charge in [0.2, 0.25) is 0 Å². The molecule has 156 valence electrons. The molecule has 0 aliphatic heterocycles. The van der Waals surface area contributed by atoms with E-state index < -0.39 is 5.63 Å². The zero-order valence-corrected chi connectivity index (χ0v) is 18.6. The third-order valence-electron chi connectivity index (χ3n) is 4.40. The zero-order valence-electron chi connectivity index (χ0n) is 15.4. The molecule has 0 saturated heterocycles. The quantitative estimate of drug-likeness (QED) is 0.412. The highest BCUT2D eigenvalue weighted by Crippen LogP contribution is 2.35. The van der Waals surface area contributed by atoms with E-state index in [0.29, 0.717) is 23.3 Å². The van der Waals surface area contributed by atoms with Crippen molar-refractivity contribution < 1.29 is 9.52 Å². The fourth-order valence-electron chi connectivity index (χ4n) is 2.78. The lowest BCUT2D eigenvalue weighted by Crippen LogP contribution is -2.17. The topological polar surface area (TPSA) is 80.3 Å². The van der Waals surface area contributed by atoms with E-state index in [1.54, 1.807) is 25.5 Å². The Morgan fingerprint density at radius 2 is 1.96 bits per heavy atom. The van der Waals surface area contributed by atoms with Gasteiger partial charge < -0.3 is 19.4 Å². The Kier molecular flexibility index (Phi) is 10.9. The molecule has 0 amide bonds. The SMILES string of the molecule is Cc1c(C)c2cc(Cl)c(O)c(CNCCCn3ccnc3)c2oc1=O.Cl.Cl.Cl. The van der Waals surface area contributed by atoms with Gasteiger partial charge >= 0.3 is 5.63 Å². The van der Waals surface area contributed by atoms with E-state index in [9.17, 15) is 9.90 Å². The van der Waals surface area contributed by atoms with Crippen LogP contribution in [0.5, 0.6) is 5.75 Å². The Morgan fingerprint density at radius 1 is 1.25 bits per heavy atom. The number of fused-ring (bicyclic) bond motifs is 1. The van der Waals surface area contributed by atoms with Crippen LogP contribution in [0.25, 0.3) is 11.0 Å². The van der Waals surface area contributed by atoms with Crippen molar-refractivity contribution in [1.29, 1.82) is 0 Å². The van der Waals surface area contributed by atoms with Crippen LogP contribution in [0.15, 0.2) is 34.0 Å². The number of nitrogens with zero attached hydrogens (tertiary/aromatic N) is 2. The first-order valence-electron chi connectivity index (χ1n) is 8.10. The maximum Gasteiger partial charge on any atom is 0.339 e. The van der Waals surface area contributed by atoms with Gasteiger partial charge in [-0.15, -0.1) is 37.2 Å². The van der Waals surface area contributed by atoms with Crippen molar-refractivity contribution in [2.75, 3.05) is 6.54 Å². The number of hydrogen-bond acceptors (Lipinski definition) is 5. The minimum atomic E-state index is -0.395. The summed E-state index contributed by atoms with van der Waals surface area (Å²) in [4.78, 5) is 16.0. The van der Waals surface area contributed by atoms with Gasteiger partial charge in [0.05, 0.1) is 16.9 Å². The second-order valence-corrected chi connectivity index (χ2v) is 6.44. The molecule has 0 fully saturated rings. The molecule has 6 nitrogen and oxygen atoms in total. The molecule has 2 aromatic heterocycles. The number of rotatable bonds is 6. The highest BCUT2D eigenvalue weighted by atomic mass is 35.5. The van der Waals surface area contributed by atoms with E-state index in [4.69, 9.17) is 16.0 Å². The number of aryl methyl sites for hydroxylation is 2. The number of aromatic hydroxyl groups is 1. The normalized spacial score (nSPS) is 10.1. The van der Waals surface area contributed by atoms with Crippen LogP contribution in [-0.4, -0.2) is 21.2 Å². The molecule has 0 aliphatic rings. The highest BCUT2D eigenvalue weighted by Gasteiger charge is 2.17. The van der Waals surface area contributed by atoms with Crippen LogP contribution in [0.3, 0.4) is 0 Å². The van der Waals surface area contributed by atoms with Crippen LogP contribution in [0, 0.1) is 13.8 Å². The number of benzene rings is 1. The van der Waals surface area contributed by atoms with Crippen LogP contribution in [-0.2, 0) is 13.1 Å². The molecule has 0 saturated carbocycles. The summed E-state index contributed by atoms with van der Waals surface area (Å²) in [5, 5.41) is 14.6. The molecule has 10 heteroatoms. The molecule has 2 heterocycles. The molecule has 0 atom stereocenters. The van der Waals surface area contributed by atoms with Crippen LogP contribution < -0.4 is 10.9 Å². The molecular formula is C18H23Cl4N3O3. The number of hydrogen-bond donors (Lipinski definition) is 2. The van der Waals surface area contributed by atoms with Crippen molar-refractivity contribution in [2.24, 2.45) is 0 Å². The minimum absolute atomic E-state index is 0. The molecule has 1 aromatic carbocycles. The summed E-state index contributed by atoms with van der Waals surface area (Å²) in [6, 6.07) is 1.64. The zero-order chi connectivity index (χ0) is 18.0. The van der Waals surface area contributed by atoms with Gasteiger partial charge in [-0.05, 0) is 38.4 Å². The standard InChI is InChI=1S/C18H20ClN3O3.3ClH/c1-11-12(2)18(24)25-17-13(11)8-15(19)16(23)14(17)9-20-4-3-6-22-7-5-21-10-22;;;/h5,7-8,10,20,23H,3-4,6,9H2,1-2H3;3*1H.